The maximum atomic E-state index is 12.2. The van der Waals surface area contributed by atoms with Crippen LogP contribution in [0, 0.1) is 0 Å². The molecule has 0 aliphatic rings. The number of hydrogen-bond acceptors (Lipinski definition) is 13. The number of allylic oxidation sites excluding steroid dienone is 12. The second kappa shape index (κ2) is 46.8. The number of aliphatic hydroxyl groups is 3. The Hall–Kier alpha value is -2.52. The van der Waals surface area contributed by atoms with Gasteiger partial charge in [-0.1, -0.05) is 157 Å². The van der Waals surface area contributed by atoms with Crippen LogP contribution in [0.2, 0.25) is 0 Å². The van der Waals surface area contributed by atoms with E-state index in [0.717, 1.165) is 83.5 Å². The van der Waals surface area contributed by atoms with Gasteiger partial charge in [0.2, 0.25) is 0 Å². The number of ether oxygens (including phenoxy) is 2. The molecule has 0 aromatic heterocycles. The minimum Gasteiger partial charge on any atom is -0.463 e. The topological polar surface area (TPSA) is 225 Å². The molecule has 5 unspecified atom stereocenters. The molecule has 0 fully saturated rings. The fourth-order valence-corrected chi connectivity index (χ4v) is 7.82. The minimum atomic E-state index is -4.80. The Morgan fingerprint density at radius 2 is 0.676 bits per heavy atom. The lowest BCUT2D eigenvalue weighted by atomic mass is 10.1. The molecule has 0 aromatic carbocycles. The molecule has 0 saturated heterocycles. The van der Waals surface area contributed by atoms with Crippen LogP contribution >= 0.6 is 15.6 Å². The monoisotopic (exact) mass is 1000 g/mol. The number of phosphoric acid groups is 2. The van der Waals surface area contributed by atoms with Crippen molar-refractivity contribution in [1.82, 2.24) is 0 Å². The minimum absolute atomic E-state index is 0.154. The van der Waals surface area contributed by atoms with E-state index in [-0.39, 0.29) is 12.8 Å². The predicted octanol–water partition coefficient (Wildman–Crippen LogP) is 11.9. The molecule has 0 saturated carbocycles. The molecule has 0 aliphatic carbocycles. The van der Waals surface area contributed by atoms with Crippen molar-refractivity contribution in [3.63, 3.8) is 0 Å². The van der Waals surface area contributed by atoms with Crippen molar-refractivity contribution in [3.05, 3.63) is 72.9 Å². The molecule has 0 rings (SSSR count). The van der Waals surface area contributed by atoms with Gasteiger partial charge < -0.3 is 34.6 Å². The SMILES string of the molecule is CC/C=C\C/C=C\C/C=C\C/C=C\C/C=C\CCCCCC(=O)OCC(O)COP(=O)(O)OCC(O)COP(=O)(O)OCC(O)COC(=O)CCCCCCCCC/C=C/CCCCCCCC. The zero-order valence-corrected chi connectivity index (χ0v) is 43.3. The van der Waals surface area contributed by atoms with Gasteiger partial charge in [-0.2, -0.15) is 0 Å². The third-order valence-electron chi connectivity index (χ3n) is 10.1. The Morgan fingerprint density at radius 3 is 1.04 bits per heavy atom. The highest BCUT2D eigenvalue weighted by atomic mass is 31.2. The number of rotatable bonds is 48. The maximum absolute atomic E-state index is 12.2. The summed E-state index contributed by atoms with van der Waals surface area (Å²) in [6.45, 7) is 0.257. The number of esters is 2. The van der Waals surface area contributed by atoms with Crippen LogP contribution in [0.15, 0.2) is 72.9 Å². The summed E-state index contributed by atoms with van der Waals surface area (Å²) in [4.78, 5) is 43.8. The highest BCUT2D eigenvalue weighted by molar-refractivity contribution is 7.47. The number of unbranched alkanes of at least 4 members (excludes halogenated alkanes) is 16. The van der Waals surface area contributed by atoms with Crippen molar-refractivity contribution in [2.75, 3.05) is 39.6 Å². The van der Waals surface area contributed by atoms with Crippen molar-refractivity contribution < 1.29 is 71.4 Å². The van der Waals surface area contributed by atoms with Gasteiger partial charge in [-0.15, -0.1) is 0 Å². The molecule has 68 heavy (non-hydrogen) atoms. The summed E-state index contributed by atoms with van der Waals surface area (Å²) >= 11 is 0. The van der Waals surface area contributed by atoms with E-state index < -0.39 is 85.5 Å². The molecule has 394 valence electrons. The molecule has 17 heteroatoms. The molecule has 0 aliphatic heterocycles. The largest absolute Gasteiger partial charge is 0.472 e. The molecule has 0 aromatic rings. The zero-order valence-electron chi connectivity index (χ0n) is 41.5. The van der Waals surface area contributed by atoms with Gasteiger partial charge >= 0.3 is 27.6 Å². The van der Waals surface area contributed by atoms with E-state index in [1.54, 1.807) is 0 Å². The van der Waals surface area contributed by atoms with Gasteiger partial charge in [-0.3, -0.25) is 27.7 Å². The fraction of sp³-hybridized carbons (Fsp3) is 0.725. The average molecular weight is 1010 g/mol. The second-order valence-electron chi connectivity index (χ2n) is 16.8. The smallest absolute Gasteiger partial charge is 0.463 e. The van der Waals surface area contributed by atoms with Crippen molar-refractivity contribution >= 4 is 27.6 Å². The van der Waals surface area contributed by atoms with Crippen molar-refractivity contribution in [2.45, 2.75) is 199 Å². The first-order chi connectivity index (χ1) is 32.8. The van der Waals surface area contributed by atoms with E-state index >= 15 is 0 Å². The summed E-state index contributed by atoms with van der Waals surface area (Å²) in [6, 6.07) is 0. The Balaban J connectivity index is 3.92. The Morgan fingerprint density at radius 1 is 0.397 bits per heavy atom. The van der Waals surface area contributed by atoms with Gasteiger partial charge in [-0.05, 0) is 83.5 Å². The Labute approximate surface area is 409 Å². The number of aliphatic hydroxyl groups excluding tert-OH is 3. The molecular weight excluding hydrogens is 914 g/mol. The lowest BCUT2D eigenvalue weighted by Crippen LogP contribution is -2.25. The molecule has 0 heterocycles. The first-order valence-corrected chi connectivity index (χ1v) is 28.3. The molecule has 0 spiro atoms. The van der Waals surface area contributed by atoms with Gasteiger partial charge in [0.15, 0.2) is 0 Å². The van der Waals surface area contributed by atoms with E-state index in [2.05, 4.69) is 105 Å². The lowest BCUT2D eigenvalue weighted by molar-refractivity contribution is -0.148. The molecule has 0 bridgehead atoms. The van der Waals surface area contributed by atoms with Crippen LogP contribution in [-0.2, 0) is 46.3 Å². The number of hydrogen-bond donors (Lipinski definition) is 5. The first kappa shape index (κ1) is 65.5. The fourth-order valence-electron chi connectivity index (χ4n) is 6.23. The van der Waals surface area contributed by atoms with E-state index in [4.69, 9.17) is 9.47 Å². The van der Waals surface area contributed by atoms with Crippen LogP contribution in [0.25, 0.3) is 0 Å². The summed E-state index contributed by atoms with van der Waals surface area (Å²) in [5, 5.41) is 30.1. The van der Waals surface area contributed by atoms with Gasteiger partial charge in [0.1, 0.15) is 31.5 Å². The van der Waals surface area contributed by atoms with Gasteiger partial charge in [0.05, 0.1) is 26.4 Å². The van der Waals surface area contributed by atoms with Crippen LogP contribution in [0.1, 0.15) is 181 Å². The van der Waals surface area contributed by atoms with Crippen LogP contribution in [0.3, 0.4) is 0 Å². The molecule has 5 atom stereocenters. The number of phosphoric ester groups is 2. The standard InChI is InChI=1S/C51H90O15P2/c1-3-5-7-9-11-13-15-17-19-21-22-24-26-28-30-32-34-36-38-40-51(56)62-42-48(53)44-64-68(59,60)66-46-49(54)45-65-67(57,58)63-43-47(52)41-61-50(55)39-37-35-33-31-29-27-25-23-20-18-16-14-12-10-8-6-4-2/h5,7,11,13,17-20,22,24,28,30,47-49,52-54H,3-4,6,8-10,12,14-16,21,23,25-27,29,31-46H2,1-2H3,(H,57,58)(H,59,60)/b7-5-,13-11-,19-17-,20-18+,24-22-,30-28-. The summed E-state index contributed by atoms with van der Waals surface area (Å²) < 4.78 is 53.0. The molecular formula is C51H90O15P2. The van der Waals surface area contributed by atoms with E-state index in [9.17, 15) is 43.8 Å². The van der Waals surface area contributed by atoms with Crippen LogP contribution < -0.4 is 0 Å². The highest BCUT2D eigenvalue weighted by Crippen LogP contribution is 2.45. The van der Waals surface area contributed by atoms with Crippen molar-refractivity contribution in [1.29, 1.82) is 0 Å². The summed E-state index contributed by atoms with van der Waals surface area (Å²) in [6.07, 6.45) is 47.4. The van der Waals surface area contributed by atoms with Crippen molar-refractivity contribution in [2.24, 2.45) is 0 Å². The number of carbonyl (C=O) groups is 2. The summed E-state index contributed by atoms with van der Waals surface area (Å²) in [7, 11) is -9.59. The summed E-state index contributed by atoms with van der Waals surface area (Å²) in [5.41, 5.74) is 0. The highest BCUT2D eigenvalue weighted by Gasteiger charge is 2.28. The zero-order chi connectivity index (χ0) is 50.2. The van der Waals surface area contributed by atoms with Gasteiger partial charge in [-0.25, -0.2) is 9.13 Å². The quantitative estimate of drug-likeness (QED) is 0.0165. The third-order valence-corrected chi connectivity index (χ3v) is 12.0. The third kappa shape index (κ3) is 48.5. The van der Waals surface area contributed by atoms with E-state index in [1.807, 2.05) is 0 Å². The maximum Gasteiger partial charge on any atom is 0.472 e. The van der Waals surface area contributed by atoms with Crippen LogP contribution in [-0.4, -0.2) is 95.0 Å². The van der Waals surface area contributed by atoms with E-state index in [0.29, 0.717) is 12.8 Å². The van der Waals surface area contributed by atoms with Gasteiger partial charge in [0, 0.05) is 12.8 Å². The first-order valence-electron chi connectivity index (χ1n) is 25.3. The number of carbonyl (C=O) groups excluding carboxylic acids is 2. The molecule has 0 radical (unpaired) electrons. The van der Waals surface area contributed by atoms with E-state index in [1.165, 1.54) is 57.8 Å². The molecule has 5 N–H and O–H groups in total. The Kier molecular flexibility index (Phi) is 45.1. The molecule has 15 nitrogen and oxygen atoms in total. The van der Waals surface area contributed by atoms with Crippen molar-refractivity contribution in [3.8, 4) is 0 Å². The van der Waals surface area contributed by atoms with Crippen LogP contribution in [0.5, 0.6) is 0 Å². The second-order valence-corrected chi connectivity index (χ2v) is 19.7. The lowest BCUT2D eigenvalue weighted by Gasteiger charge is -2.19. The summed E-state index contributed by atoms with van der Waals surface area (Å²) in [5.74, 6) is -1.03. The normalized spacial score (nSPS) is 15.6. The molecule has 0 amide bonds. The Bertz CT molecular complexity index is 1500. The predicted molar refractivity (Wildman–Crippen MR) is 270 cm³/mol. The van der Waals surface area contributed by atoms with Gasteiger partial charge in [0.25, 0.3) is 0 Å². The van der Waals surface area contributed by atoms with Crippen LogP contribution in [0.4, 0.5) is 0 Å². The average Bonchev–Trinajstić information content (AvgIpc) is 3.31.